The van der Waals surface area contributed by atoms with Gasteiger partial charge in [0.15, 0.2) is 11.5 Å². The lowest BCUT2D eigenvalue weighted by atomic mass is 10.1. The Morgan fingerprint density at radius 3 is 1.92 bits per heavy atom. The summed E-state index contributed by atoms with van der Waals surface area (Å²) in [5, 5.41) is 0.827. The number of benzene rings is 3. The highest BCUT2D eigenvalue weighted by Gasteiger charge is 2.26. The van der Waals surface area contributed by atoms with Crippen LogP contribution in [0.3, 0.4) is 0 Å². The lowest BCUT2D eigenvalue weighted by Gasteiger charge is -2.24. The summed E-state index contributed by atoms with van der Waals surface area (Å²) in [4.78, 5) is 38.0. The first-order chi connectivity index (χ1) is 18.9. The van der Waals surface area contributed by atoms with Crippen molar-refractivity contribution in [1.82, 2.24) is 5.43 Å². The molecule has 0 saturated carbocycles. The van der Waals surface area contributed by atoms with E-state index in [0.717, 1.165) is 16.1 Å². The van der Waals surface area contributed by atoms with Crippen LogP contribution in [0.2, 0.25) is 0 Å². The number of carbonyl (C=O) groups excluding carboxylic acids is 3. The van der Waals surface area contributed by atoms with Crippen molar-refractivity contribution >= 4 is 23.8 Å². The lowest BCUT2D eigenvalue weighted by molar-refractivity contribution is -0.136. The third kappa shape index (κ3) is 8.43. The van der Waals surface area contributed by atoms with Crippen molar-refractivity contribution in [2.24, 2.45) is 0 Å². The van der Waals surface area contributed by atoms with Crippen LogP contribution in [0.25, 0.3) is 0 Å². The first kappa shape index (κ1) is 28.4. The second-order valence-corrected chi connectivity index (χ2v) is 7.74. The molecule has 0 fully saturated rings. The smallest absolute Gasteiger partial charge is 0.433 e. The van der Waals surface area contributed by atoms with Gasteiger partial charge < -0.3 is 23.7 Å². The van der Waals surface area contributed by atoms with Crippen LogP contribution in [0.15, 0.2) is 72.8 Å². The first-order valence-corrected chi connectivity index (χ1v) is 11.9. The standard InChI is InChI=1S/C29H28N2O8/c1-4-37-27(32)16-15-23-17-25(35-2)26(36-3)18-24(23)31(29(34)39-20-22-13-9-6-10-14-22)30-28(33)38-19-21-11-7-5-8-12-21/h5-14,17-18H,4,19-20H2,1-3H3,(H,30,33). The molecule has 3 rings (SSSR count). The fourth-order valence-electron chi connectivity index (χ4n) is 3.27. The number of hydrazine groups is 1. The van der Waals surface area contributed by atoms with E-state index in [1.54, 1.807) is 43.3 Å². The van der Waals surface area contributed by atoms with Crippen molar-refractivity contribution in [2.75, 3.05) is 25.8 Å². The summed E-state index contributed by atoms with van der Waals surface area (Å²) in [6.07, 6.45) is -1.88. The molecule has 0 aromatic heterocycles. The van der Waals surface area contributed by atoms with Gasteiger partial charge in [-0.1, -0.05) is 66.6 Å². The Morgan fingerprint density at radius 2 is 1.36 bits per heavy atom. The Balaban J connectivity index is 1.96. The van der Waals surface area contributed by atoms with E-state index in [1.165, 1.54) is 26.4 Å². The van der Waals surface area contributed by atoms with E-state index in [1.807, 2.05) is 24.3 Å². The minimum Gasteiger partial charge on any atom is -0.493 e. The molecular weight excluding hydrogens is 504 g/mol. The largest absolute Gasteiger partial charge is 0.493 e. The predicted molar refractivity (Wildman–Crippen MR) is 142 cm³/mol. The minimum absolute atomic E-state index is 0.0406. The number of hydrogen-bond donors (Lipinski definition) is 1. The zero-order chi connectivity index (χ0) is 28.0. The summed E-state index contributed by atoms with van der Waals surface area (Å²) < 4.78 is 26.4. The van der Waals surface area contributed by atoms with E-state index in [-0.39, 0.29) is 42.6 Å². The summed E-state index contributed by atoms with van der Waals surface area (Å²) in [5.41, 5.74) is 4.06. The molecule has 2 amide bonds. The van der Waals surface area contributed by atoms with E-state index in [2.05, 4.69) is 17.3 Å². The molecule has 0 aliphatic carbocycles. The van der Waals surface area contributed by atoms with E-state index < -0.39 is 18.2 Å². The molecule has 1 N–H and O–H groups in total. The van der Waals surface area contributed by atoms with Crippen LogP contribution in [-0.2, 0) is 32.2 Å². The van der Waals surface area contributed by atoms with Crippen LogP contribution in [0.1, 0.15) is 23.6 Å². The second kappa shape index (κ2) is 14.5. The monoisotopic (exact) mass is 532 g/mol. The van der Waals surface area contributed by atoms with Crippen LogP contribution in [0.4, 0.5) is 15.3 Å². The van der Waals surface area contributed by atoms with Gasteiger partial charge in [0.25, 0.3) is 0 Å². The Labute approximate surface area is 226 Å². The van der Waals surface area contributed by atoms with Gasteiger partial charge in [-0.3, -0.25) is 0 Å². The van der Waals surface area contributed by atoms with Gasteiger partial charge in [0.05, 0.1) is 32.1 Å². The number of anilines is 1. The van der Waals surface area contributed by atoms with Gasteiger partial charge in [0.1, 0.15) is 13.2 Å². The maximum absolute atomic E-state index is 13.3. The molecule has 3 aromatic rings. The van der Waals surface area contributed by atoms with Gasteiger partial charge in [-0.15, -0.1) is 0 Å². The predicted octanol–water partition coefficient (Wildman–Crippen LogP) is 4.60. The topological polar surface area (TPSA) is 113 Å². The molecule has 0 unspecified atom stereocenters. The lowest BCUT2D eigenvalue weighted by Crippen LogP contribution is -2.47. The molecule has 0 aliphatic rings. The quantitative estimate of drug-likeness (QED) is 0.194. The van der Waals surface area contributed by atoms with E-state index in [0.29, 0.717) is 0 Å². The van der Waals surface area contributed by atoms with Crippen molar-refractivity contribution in [1.29, 1.82) is 0 Å². The number of rotatable bonds is 8. The average molecular weight is 533 g/mol. The summed E-state index contributed by atoms with van der Waals surface area (Å²) >= 11 is 0. The Morgan fingerprint density at radius 1 is 0.795 bits per heavy atom. The number of hydrogen-bond acceptors (Lipinski definition) is 8. The Hall–Kier alpha value is -5.17. The third-order valence-electron chi connectivity index (χ3n) is 5.12. The van der Waals surface area contributed by atoms with Crippen LogP contribution < -0.4 is 19.9 Å². The highest BCUT2D eigenvalue weighted by molar-refractivity contribution is 5.94. The van der Waals surface area contributed by atoms with Crippen LogP contribution >= 0.6 is 0 Å². The third-order valence-corrected chi connectivity index (χ3v) is 5.12. The fraction of sp³-hybridized carbons (Fsp3) is 0.207. The molecule has 39 heavy (non-hydrogen) atoms. The Kier molecular flexibility index (Phi) is 10.6. The molecule has 0 spiro atoms. The number of carbonyl (C=O) groups is 3. The summed E-state index contributed by atoms with van der Waals surface area (Å²) in [6, 6.07) is 20.9. The van der Waals surface area contributed by atoms with Crippen LogP contribution in [-0.4, -0.2) is 39.0 Å². The highest BCUT2D eigenvalue weighted by Crippen LogP contribution is 2.35. The number of methoxy groups -OCH3 is 2. The van der Waals surface area contributed by atoms with Crippen molar-refractivity contribution in [3.63, 3.8) is 0 Å². The minimum atomic E-state index is -0.943. The zero-order valence-corrected chi connectivity index (χ0v) is 21.8. The maximum Gasteiger partial charge on any atom is 0.433 e. The molecular formula is C29H28N2O8. The average Bonchev–Trinajstić information content (AvgIpc) is 2.97. The van der Waals surface area contributed by atoms with E-state index in [4.69, 9.17) is 23.7 Å². The number of esters is 1. The molecule has 10 heteroatoms. The summed E-state index contributed by atoms with van der Waals surface area (Å²) in [6.45, 7) is 1.67. The van der Waals surface area contributed by atoms with Gasteiger partial charge >= 0.3 is 18.2 Å². The Bertz CT molecular complexity index is 1330. The van der Waals surface area contributed by atoms with Crippen molar-refractivity contribution < 1.29 is 38.1 Å². The summed E-state index contributed by atoms with van der Waals surface area (Å²) in [7, 11) is 2.83. The SMILES string of the molecule is CCOC(=O)C#Cc1cc(OC)c(OC)cc1N(NC(=O)OCc1ccccc1)C(=O)OCc1ccccc1. The van der Waals surface area contributed by atoms with Crippen LogP contribution in [0.5, 0.6) is 11.5 Å². The van der Waals surface area contributed by atoms with Gasteiger partial charge in [0.2, 0.25) is 0 Å². The van der Waals surface area contributed by atoms with Crippen molar-refractivity contribution in [3.8, 4) is 23.3 Å². The molecule has 0 saturated heterocycles. The van der Waals surface area contributed by atoms with Crippen molar-refractivity contribution in [2.45, 2.75) is 20.1 Å². The normalized spacial score (nSPS) is 9.82. The van der Waals surface area contributed by atoms with Gasteiger partial charge in [-0.2, -0.15) is 5.01 Å². The number of amides is 2. The first-order valence-electron chi connectivity index (χ1n) is 11.9. The van der Waals surface area contributed by atoms with Gasteiger partial charge in [0, 0.05) is 18.1 Å². The van der Waals surface area contributed by atoms with Crippen molar-refractivity contribution in [3.05, 3.63) is 89.5 Å². The highest BCUT2D eigenvalue weighted by atomic mass is 16.6. The van der Waals surface area contributed by atoms with Gasteiger partial charge in [-0.25, -0.2) is 19.8 Å². The molecule has 0 aliphatic heterocycles. The van der Waals surface area contributed by atoms with E-state index >= 15 is 0 Å². The van der Waals surface area contributed by atoms with E-state index in [9.17, 15) is 14.4 Å². The second-order valence-electron chi connectivity index (χ2n) is 7.74. The number of nitrogens with one attached hydrogen (secondary N) is 1. The van der Waals surface area contributed by atoms with Gasteiger partial charge in [-0.05, 0) is 18.1 Å². The number of ether oxygens (including phenoxy) is 5. The summed E-state index contributed by atoms with van der Waals surface area (Å²) in [5.74, 6) is 4.75. The fourth-order valence-corrected chi connectivity index (χ4v) is 3.27. The molecule has 0 atom stereocenters. The molecule has 10 nitrogen and oxygen atoms in total. The maximum atomic E-state index is 13.3. The molecule has 202 valence electrons. The van der Waals surface area contributed by atoms with Crippen LogP contribution in [0, 0.1) is 11.8 Å². The molecule has 0 heterocycles. The zero-order valence-electron chi connectivity index (χ0n) is 21.8. The molecule has 0 radical (unpaired) electrons. The number of nitrogens with zero attached hydrogens (tertiary/aromatic N) is 1. The molecule has 0 bridgehead atoms. The molecule has 3 aromatic carbocycles.